The largest absolute Gasteiger partial charge is 0.478 e. The standard InChI is InChI=1S/C15H23FN2O3/c1-10(17)9-12-5-4-6-13(16)14(12)21-11(2)15(19)18-7-8-20-3/h4-6,10-11H,7-9,17H2,1-3H3,(H,18,19). The van der Waals surface area contributed by atoms with Gasteiger partial charge in [0.15, 0.2) is 17.7 Å². The number of halogens is 1. The Labute approximate surface area is 124 Å². The third-order valence-corrected chi connectivity index (χ3v) is 2.86. The van der Waals surface area contributed by atoms with Crippen molar-refractivity contribution >= 4 is 5.91 Å². The number of benzene rings is 1. The highest BCUT2D eigenvalue weighted by molar-refractivity contribution is 5.80. The van der Waals surface area contributed by atoms with E-state index in [4.69, 9.17) is 15.2 Å². The molecule has 0 heterocycles. The SMILES string of the molecule is COCCNC(=O)C(C)Oc1c(F)cccc1CC(C)N. The summed E-state index contributed by atoms with van der Waals surface area (Å²) in [7, 11) is 1.55. The number of nitrogens with one attached hydrogen (secondary N) is 1. The lowest BCUT2D eigenvalue weighted by atomic mass is 10.1. The van der Waals surface area contributed by atoms with E-state index in [-0.39, 0.29) is 17.7 Å². The molecule has 1 amide bonds. The Balaban J connectivity index is 2.74. The quantitative estimate of drug-likeness (QED) is 0.708. The number of amides is 1. The minimum atomic E-state index is -0.800. The van der Waals surface area contributed by atoms with E-state index >= 15 is 0 Å². The van der Waals surface area contributed by atoms with Gasteiger partial charge in [0.05, 0.1) is 6.61 Å². The number of rotatable bonds is 8. The molecule has 21 heavy (non-hydrogen) atoms. The van der Waals surface area contributed by atoms with E-state index in [0.29, 0.717) is 25.1 Å². The number of methoxy groups -OCH3 is 1. The van der Waals surface area contributed by atoms with Crippen LogP contribution in [-0.2, 0) is 16.0 Å². The number of nitrogens with two attached hydrogens (primary N) is 1. The summed E-state index contributed by atoms with van der Waals surface area (Å²) < 4.78 is 24.2. The summed E-state index contributed by atoms with van der Waals surface area (Å²) in [5.74, 6) is -0.726. The normalized spacial score (nSPS) is 13.6. The van der Waals surface area contributed by atoms with Crippen molar-refractivity contribution in [3.05, 3.63) is 29.6 Å². The average molecular weight is 298 g/mol. The molecule has 0 saturated carbocycles. The Morgan fingerprint density at radius 3 is 2.76 bits per heavy atom. The molecule has 2 unspecified atom stereocenters. The summed E-state index contributed by atoms with van der Waals surface area (Å²) in [4.78, 5) is 11.8. The van der Waals surface area contributed by atoms with Crippen LogP contribution in [0.3, 0.4) is 0 Å². The first-order valence-electron chi connectivity index (χ1n) is 6.92. The van der Waals surface area contributed by atoms with Gasteiger partial charge in [-0.3, -0.25) is 4.79 Å². The maximum absolute atomic E-state index is 13.9. The van der Waals surface area contributed by atoms with Gasteiger partial charge in [0.1, 0.15) is 0 Å². The van der Waals surface area contributed by atoms with Crippen LogP contribution in [-0.4, -0.2) is 38.3 Å². The number of carbonyl (C=O) groups excluding carboxylic acids is 1. The Hall–Kier alpha value is -1.66. The molecule has 3 N–H and O–H groups in total. The topological polar surface area (TPSA) is 73.6 Å². The van der Waals surface area contributed by atoms with Crippen molar-refractivity contribution in [2.45, 2.75) is 32.4 Å². The average Bonchev–Trinajstić information content (AvgIpc) is 2.42. The monoisotopic (exact) mass is 298 g/mol. The van der Waals surface area contributed by atoms with Gasteiger partial charge in [0.2, 0.25) is 0 Å². The second-order valence-corrected chi connectivity index (χ2v) is 4.95. The van der Waals surface area contributed by atoms with Gasteiger partial charge < -0.3 is 20.5 Å². The number of hydrogen-bond donors (Lipinski definition) is 2. The van der Waals surface area contributed by atoms with Gasteiger partial charge in [0.25, 0.3) is 5.91 Å². The molecule has 0 aliphatic rings. The van der Waals surface area contributed by atoms with Crippen molar-refractivity contribution < 1.29 is 18.7 Å². The Morgan fingerprint density at radius 1 is 1.43 bits per heavy atom. The van der Waals surface area contributed by atoms with Gasteiger partial charge >= 0.3 is 0 Å². The second-order valence-electron chi connectivity index (χ2n) is 4.95. The molecular formula is C15H23FN2O3. The van der Waals surface area contributed by atoms with Crippen LogP contribution in [0.1, 0.15) is 19.4 Å². The molecule has 0 spiro atoms. The number of hydrogen-bond acceptors (Lipinski definition) is 4. The third kappa shape index (κ3) is 5.69. The third-order valence-electron chi connectivity index (χ3n) is 2.86. The summed E-state index contributed by atoms with van der Waals surface area (Å²) in [6.07, 6.45) is -0.323. The number of ether oxygens (including phenoxy) is 2. The van der Waals surface area contributed by atoms with Crippen LogP contribution in [0.2, 0.25) is 0 Å². The predicted molar refractivity (Wildman–Crippen MR) is 78.7 cm³/mol. The zero-order valence-corrected chi connectivity index (χ0v) is 12.7. The van der Waals surface area contributed by atoms with Gasteiger partial charge in [-0.15, -0.1) is 0 Å². The van der Waals surface area contributed by atoms with E-state index < -0.39 is 11.9 Å². The molecule has 0 saturated heterocycles. The molecule has 0 aliphatic carbocycles. The van der Waals surface area contributed by atoms with Crippen molar-refractivity contribution in [2.75, 3.05) is 20.3 Å². The van der Waals surface area contributed by atoms with E-state index in [1.54, 1.807) is 26.2 Å². The summed E-state index contributed by atoms with van der Waals surface area (Å²) >= 11 is 0. The maximum Gasteiger partial charge on any atom is 0.260 e. The summed E-state index contributed by atoms with van der Waals surface area (Å²) in [5, 5.41) is 2.65. The highest BCUT2D eigenvalue weighted by Crippen LogP contribution is 2.25. The molecular weight excluding hydrogens is 275 g/mol. The van der Waals surface area contributed by atoms with Crippen LogP contribution in [0.5, 0.6) is 5.75 Å². The lowest BCUT2D eigenvalue weighted by molar-refractivity contribution is -0.127. The Bertz CT molecular complexity index is 466. The molecule has 0 radical (unpaired) electrons. The predicted octanol–water partition coefficient (Wildman–Crippen LogP) is 1.25. The molecule has 2 atom stereocenters. The molecule has 1 aromatic rings. The van der Waals surface area contributed by atoms with Crippen LogP contribution < -0.4 is 15.8 Å². The first-order chi connectivity index (χ1) is 9.95. The Kier molecular flexibility index (Phi) is 7.11. The van der Waals surface area contributed by atoms with E-state index in [9.17, 15) is 9.18 Å². The van der Waals surface area contributed by atoms with Gasteiger partial charge in [0, 0.05) is 19.7 Å². The van der Waals surface area contributed by atoms with Gasteiger partial charge in [-0.1, -0.05) is 12.1 Å². The maximum atomic E-state index is 13.9. The lowest BCUT2D eigenvalue weighted by Gasteiger charge is -2.18. The molecule has 1 aromatic carbocycles. The van der Waals surface area contributed by atoms with Gasteiger partial charge in [-0.25, -0.2) is 4.39 Å². The highest BCUT2D eigenvalue weighted by Gasteiger charge is 2.19. The zero-order chi connectivity index (χ0) is 15.8. The van der Waals surface area contributed by atoms with Crippen LogP contribution >= 0.6 is 0 Å². The fraction of sp³-hybridized carbons (Fsp3) is 0.533. The van der Waals surface area contributed by atoms with Gasteiger partial charge in [-0.05, 0) is 31.9 Å². The minimum absolute atomic E-state index is 0.0872. The number of para-hydroxylation sites is 1. The smallest absolute Gasteiger partial charge is 0.260 e. The van der Waals surface area contributed by atoms with Crippen molar-refractivity contribution in [1.82, 2.24) is 5.32 Å². The molecule has 118 valence electrons. The van der Waals surface area contributed by atoms with E-state index in [0.717, 1.165) is 0 Å². The molecule has 0 fully saturated rings. The zero-order valence-electron chi connectivity index (χ0n) is 12.7. The number of carbonyl (C=O) groups is 1. The van der Waals surface area contributed by atoms with Gasteiger partial charge in [-0.2, -0.15) is 0 Å². The fourth-order valence-electron chi connectivity index (χ4n) is 1.84. The van der Waals surface area contributed by atoms with Crippen molar-refractivity contribution in [1.29, 1.82) is 0 Å². The summed E-state index contributed by atoms with van der Waals surface area (Å²) in [5.41, 5.74) is 6.40. The van der Waals surface area contributed by atoms with Crippen molar-refractivity contribution in [3.63, 3.8) is 0 Å². The van der Waals surface area contributed by atoms with Crippen molar-refractivity contribution in [2.24, 2.45) is 5.73 Å². The van der Waals surface area contributed by atoms with E-state index in [1.807, 2.05) is 6.92 Å². The first-order valence-corrected chi connectivity index (χ1v) is 6.92. The molecule has 6 heteroatoms. The van der Waals surface area contributed by atoms with E-state index in [1.165, 1.54) is 6.07 Å². The molecule has 0 aromatic heterocycles. The summed E-state index contributed by atoms with van der Waals surface area (Å²) in [6, 6.07) is 4.52. The fourth-order valence-corrected chi connectivity index (χ4v) is 1.84. The molecule has 1 rings (SSSR count). The molecule has 0 aliphatic heterocycles. The van der Waals surface area contributed by atoms with Crippen molar-refractivity contribution in [3.8, 4) is 5.75 Å². The Morgan fingerprint density at radius 2 is 2.14 bits per heavy atom. The van der Waals surface area contributed by atoms with E-state index in [2.05, 4.69) is 5.32 Å². The van der Waals surface area contributed by atoms with Crippen LogP contribution in [0.15, 0.2) is 18.2 Å². The molecule has 5 nitrogen and oxygen atoms in total. The summed E-state index contributed by atoms with van der Waals surface area (Å²) in [6.45, 7) is 4.20. The second kappa shape index (κ2) is 8.59. The lowest BCUT2D eigenvalue weighted by Crippen LogP contribution is -2.38. The minimum Gasteiger partial charge on any atom is -0.478 e. The molecule has 0 bridgehead atoms. The van der Waals surface area contributed by atoms with Crippen LogP contribution in [0.4, 0.5) is 4.39 Å². The highest BCUT2D eigenvalue weighted by atomic mass is 19.1. The van der Waals surface area contributed by atoms with Crippen LogP contribution in [0, 0.1) is 5.82 Å². The first kappa shape index (κ1) is 17.4. The van der Waals surface area contributed by atoms with Crippen LogP contribution in [0.25, 0.3) is 0 Å².